The molecular weight excluding hydrogens is 260 g/mol. The Bertz CT molecular complexity index is 445. The molecule has 0 bridgehead atoms. The predicted molar refractivity (Wildman–Crippen MR) is 78.8 cm³/mol. The molecule has 1 atom stereocenters. The third-order valence-corrected chi connectivity index (χ3v) is 4.02. The van der Waals surface area contributed by atoms with Crippen LogP contribution in [0.2, 0.25) is 0 Å². The minimum absolute atomic E-state index is 0.169. The van der Waals surface area contributed by atoms with Gasteiger partial charge in [-0.25, -0.2) is 4.79 Å². The summed E-state index contributed by atoms with van der Waals surface area (Å²) in [5, 5.41) is 5.91. The lowest BCUT2D eigenvalue weighted by Gasteiger charge is -2.24. The smallest absolute Gasteiger partial charge is 0.319 e. The van der Waals surface area contributed by atoms with Gasteiger partial charge in [-0.2, -0.15) is 0 Å². The number of benzene rings is 1. The molecule has 2 rings (SSSR count). The summed E-state index contributed by atoms with van der Waals surface area (Å²) in [6.45, 7) is 5.38. The Hall–Kier alpha value is -1.20. The lowest BCUT2D eigenvalue weighted by molar-refractivity contribution is 0.172. The summed E-state index contributed by atoms with van der Waals surface area (Å²) in [6, 6.07) is 7.68. The van der Waals surface area contributed by atoms with Gasteiger partial charge in [-0.05, 0) is 31.2 Å². The van der Waals surface area contributed by atoms with Gasteiger partial charge in [0.25, 0.3) is 0 Å². The van der Waals surface area contributed by atoms with E-state index >= 15 is 0 Å². The van der Waals surface area contributed by atoms with E-state index in [9.17, 15) is 4.79 Å². The molecule has 0 saturated carbocycles. The number of para-hydroxylation sites is 1. The van der Waals surface area contributed by atoms with Gasteiger partial charge in [0.1, 0.15) is 0 Å². The molecule has 0 aromatic heterocycles. The molecule has 1 saturated heterocycles. The van der Waals surface area contributed by atoms with Gasteiger partial charge in [0.2, 0.25) is 0 Å². The Labute approximate surface area is 118 Å². The Balaban J connectivity index is 1.98. The van der Waals surface area contributed by atoms with Crippen molar-refractivity contribution in [3.05, 3.63) is 24.3 Å². The Morgan fingerprint density at radius 1 is 1.47 bits per heavy atom. The summed E-state index contributed by atoms with van der Waals surface area (Å²) in [7, 11) is 0. The number of hydrogen-bond acceptors (Lipinski definition) is 3. The van der Waals surface area contributed by atoms with Gasteiger partial charge in [0.05, 0.1) is 17.8 Å². The molecule has 1 aromatic rings. The number of hydrogen-bond donors (Lipinski definition) is 2. The van der Waals surface area contributed by atoms with E-state index in [0.29, 0.717) is 13.2 Å². The molecule has 2 amide bonds. The summed E-state index contributed by atoms with van der Waals surface area (Å²) in [6.07, 6.45) is 0.853. The predicted octanol–water partition coefficient (Wildman–Crippen LogP) is 3.10. The molecular formula is C14H20N2O2S. The fraction of sp³-hybridized carbons (Fsp3) is 0.500. The summed E-state index contributed by atoms with van der Waals surface area (Å²) in [5.74, 6) is 0.978. The second-order valence-electron chi connectivity index (χ2n) is 4.87. The maximum absolute atomic E-state index is 12.0. The van der Waals surface area contributed by atoms with Gasteiger partial charge in [-0.1, -0.05) is 19.1 Å². The minimum Gasteiger partial charge on any atom is -0.379 e. The number of urea groups is 1. The zero-order chi connectivity index (χ0) is 13.7. The first-order valence-electron chi connectivity index (χ1n) is 6.52. The lowest BCUT2D eigenvalue weighted by Crippen LogP contribution is -2.48. The number of amides is 2. The van der Waals surface area contributed by atoms with E-state index in [0.717, 1.165) is 22.8 Å². The van der Waals surface area contributed by atoms with Crippen LogP contribution < -0.4 is 10.6 Å². The quantitative estimate of drug-likeness (QED) is 0.833. The highest BCUT2D eigenvalue weighted by Crippen LogP contribution is 2.26. The second-order valence-corrected chi connectivity index (χ2v) is 6.18. The molecule has 0 unspecified atom stereocenters. The van der Waals surface area contributed by atoms with Gasteiger partial charge < -0.3 is 15.4 Å². The molecule has 104 valence electrons. The van der Waals surface area contributed by atoms with Gasteiger partial charge in [-0.3, -0.25) is 0 Å². The molecule has 1 aliphatic rings. The van der Waals surface area contributed by atoms with E-state index in [-0.39, 0.29) is 11.6 Å². The second kappa shape index (κ2) is 6.30. The Morgan fingerprint density at radius 3 is 2.95 bits per heavy atom. The van der Waals surface area contributed by atoms with Crippen LogP contribution in [-0.2, 0) is 4.74 Å². The molecule has 1 aliphatic heterocycles. The maximum Gasteiger partial charge on any atom is 0.319 e. The summed E-state index contributed by atoms with van der Waals surface area (Å²) in [5.41, 5.74) is 0.603. The lowest BCUT2D eigenvalue weighted by atomic mass is 10.0. The number of carbonyl (C=O) groups is 1. The average molecular weight is 280 g/mol. The summed E-state index contributed by atoms with van der Waals surface area (Å²) in [4.78, 5) is 13.1. The molecule has 2 N–H and O–H groups in total. The van der Waals surface area contributed by atoms with Crippen molar-refractivity contribution >= 4 is 23.5 Å². The van der Waals surface area contributed by atoms with Crippen molar-refractivity contribution in [1.82, 2.24) is 5.32 Å². The highest BCUT2D eigenvalue weighted by Gasteiger charge is 2.31. The van der Waals surface area contributed by atoms with Crippen LogP contribution in [0, 0.1) is 0 Å². The van der Waals surface area contributed by atoms with E-state index in [1.165, 1.54) is 0 Å². The van der Waals surface area contributed by atoms with E-state index in [1.807, 2.05) is 31.2 Å². The number of carbonyl (C=O) groups excluding carboxylic acids is 1. The number of thioether (sulfide) groups is 1. The van der Waals surface area contributed by atoms with Gasteiger partial charge in [0.15, 0.2) is 0 Å². The van der Waals surface area contributed by atoms with Crippen molar-refractivity contribution in [1.29, 1.82) is 0 Å². The van der Waals surface area contributed by atoms with Crippen LogP contribution in [0.5, 0.6) is 0 Å². The van der Waals surface area contributed by atoms with Gasteiger partial charge in [0, 0.05) is 11.5 Å². The van der Waals surface area contributed by atoms with Crippen LogP contribution in [0.3, 0.4) is 0 Å². The van der Waals surface area contributed by atoms with Crippen molar-refractivity contribution < 1.29 is 9.53 Å². The third-order valence-electron chi connectivity index (χ3n) is 3.07. The van der Waals surface area contributed by atoms with E-state index in [1.54, 1.807) is 11.8 Å². The third kappa shape index (κ3) is 3.88. The zero-order valence-electron chi connectivity index (χ0n) is 11.4. The first kappa shape index (κ1) is 14.2. The molecule has 1 heterocycles. The van der Waals surface area contributed by atoms with E-state index in [4.69, 9.17) is 4.74 Å². The van der Waals surface area contributed by atoms with Crippen molar-refractivity contribution in [2.45, 2.75) is 30.7 Å². The largest absolute Gasteiger partial charge is 0.379 e. The fourth-order valence-corrected chi connectivity index (χ4v) is 2.80. The van der Waals surface area contributed by atoms with Crippen LogP contribution >= 0.6 is 11.8 Å². The number of nitrogens with one attached hydrogen (secondary N) is 2. The van der Waals surface area contributed by atoms with Gasteiger partial charge in [-0.15, -0.1) is 11.8 Å². The number of ether oxygens (including phenoxy) is 1. The van der Waals surface area contributed by atoms with Crippen molar-refractivity contribution in [2.75, 3.05) is 24.3 Å². The number of anilines is 1. The molecule has 19 heavy (non-hydrogen) atoms. The van der Waals surface area contributed by atoms with Crippen LogP contribution in [0.1, 0.15) is 20.3 Å². The van der Waals surface area contributed by atoms with Crippen LogP contribution in [-0.4, -0.2) is 30.5 Å². The minimum atomic E-state index is -0.253. The van der Waals surface area contributed by atoms with E-state index < -0.39 is 0 Å². The molecule has 1 fully saturated rings. The Kier molecular flexibility index (Phi) is 4.71. The molecule has 0 aliphatic carbocycles. The van der Waals surface area contributed by atoms with Crippen LogP contribution in [0.4, 0.5) is 10.5 Å². The molecule has 4 nitrogen and oxygen atoms in total. The first-order valence-corrected chi connectivity index (χ1v) is 7.50. The SMILES string of the molecule is CCSc1ccccc1NC(=O)N[C@]1(C)CCOC1. The zero-order valence-corrected chi connectivity index (χ0v) is 12.2. The van der Waals surface area contributed by atoms with Crippen LogP contribution in [0.25, 0.3) is 0 Å². The van der Waals surface area contributed by atoms with E-state index in [2.05, 4.69) is 17.6 Å². The van der Waals surface area contributed by atoms with Crippen LogP contribution in [0.15, 0.2) is 29.2 Å². The standard InChI is InChI=1S/C14H20N2O2S/c1-3-19-12-7-5-4-6-11(12)15-13(17)16-14(2)8-9-18-10-14/h4-7H,3,8-10H2,1-2H3,(H2,15,16,17)/t14-/m1/s1. The highest BCUT2D eigenvalue weighted by molar-refractivity contribution is 7.99. The molecule has 0 radical (unpaired) electrons. The number of rotatable bonds is 4. The van der Waals surface area contributed by atoms with Crippen molar-refractivity contribution in [3.8, 4) is 0 Å². The Morgan fingerprint density at radius 2 is 2.26 bits per heavy atom. The van der Waals surface area contributed by atoms with Crippen molar-refractivity contribution in [3.63, 3.8) is 0 Å². The fourth-order valence-electron chi connectivity index (χ4n) is 2.04. The molecule has 5 heteroatoms. The maximum atomic E-state index is 12.0. The summed E-state index contributed by atoms with van der Waals surface area (Å²) < 4.78 is 5.33. The first-order chi connectivity index (χ1) is 9.13. The summed E-state index contributed by atoms with van der Waals surface area (Å²) >= 11 is 1.72. The topological polar surface area (TPSA) is 50.4 Å². The molecule has 1 aromatic carbocycles. The monoisotopic (exact) mass is 280 g/mol. The van der Waals surface area contributed by atoms with Gasteiger partial charge >= 0.3 is 6.03 Å². The average Bonchev–Trinajstić information content (AvgIpc) is 2.78. The highest BCUT2D eigenvalue weighted by atomic mass is 32.2. The normalized spacial score (nSPS) is 22.2. The van der Waals surface area contributed by atoms with Crippen molar-refractivity contribution in [2.24, 2.45) is 0 Å². The molecule has 0 spiro atoms.